The van der Waals surface area contributed by atoms with Crippen molar-refractivity contribution in [3.8, 4) is 0 Å². The largest absolute Gasteiger partial charge is 0.444 e. The molecule has 0 bridgehead atoms. The number of carbonyl (C=O) groups excluding carboxylic acids is 2. The average molecular weight is 355 g/mol. The molecule has 0 aliphatic carbocycles. The van der Waals surface area contributed by atoms with Crippen molar-refractivity contribution in [3.63, 3.8) is 0 Å². The van der Waals surface area contributed by atoms with E-state index in [9.17, 15) is 14.7 Å². The lowest BCUT2D eigenvalue weighted by molar-refractivity contribution is -0.135. The predicted octanol–water partition coefficient (Wildman–Crippen LogP) is 1.16. The number of likely N-dealkylation sites (tertiary alicyclic amines) is 1. The third-order valence-electron chi connectivity index (χ3n) is 4.98. The van der Waals surface area contributed by atoms with Gasteiger partial charge in [-0.2, -0.15) is 0 Å². The van der Waals surface area contributed by atoms with Gasteiger partial charge in [-0.1, -0.05) is 0 Å². The standard InChI is InChI=1S/C18H33N3O4/c1-14-11-21(17(24)25-18(2,3)4)10-9-20(14)12-16(23)19-7-5-15(13-22)6-8-19/h14-15,22H,5-13H2,1-4H3/t14-/m0/s1. The predicted molar refractivity (Wildman–Crippen MR) is 95.2 cm³/mol. The van der Waals surface area contributed by atoms with Gasteiger partial charge in [0.2, 0.25) is 5.91 Å². The normalized spacial score (nSPS) is 23.6. The number of aliphatic hydroxyl groups is 1. The highest BCUT2D eigenvalue weighted by Crippen LogP contribution is 2.18. The summed E-state index contributed by atoms with van der Waals surface area (Å²) in [5.41, 5.74) is -0.492. The lowest BCUT2D eigenvalue weighted by Gasteiger charge is -2.41. The van der Waals surface area contributed by atoms with Crippen molar-refractivity contribution in [2.45, 2.75) is 52.2 Å². The summed E-state index contributed by atoms with van der Waals surface area (Å²) >= 11 is 0. The van der Waals surface area contributed by atoms with E-state index in [1.165, 1.54) is 0 Å². The fraction of sp³-hybridized carbons (Fsp3) is 0.889. The Bertz CT molecular complexity index is 469. The summed E-state index contributed by atoms with van der Waals surface area (Å²) in [7, 11) is 0. The average Bonchev–Trinajstić information content (AvgIpc) is 2.55. The first-order valence-electron chi connectivity index (χ1n) is 9.30. The van der Waals surface area contributed by atoms with Crippen LogP contribution in [-0.2, 0) is 9.53 Å². The zero-order chi connectivity index (χ0) is 18.6. The Morgan fingerprint density at radius 1 is 1.08 bits per heavy atom. The van der Waals surface area contributed by atoms with Gasteiger partial charge in [0.1, 0.15) is 5.60 Å². The second kappa shape index (κ2) is 8.36. The molecule has 0 aromatic heterocycles. The summed E-state index contributed by atoms with van der Waals surface area (Å²) in [4.78, 5) is 30.5. The van der Waals surface area contributed by atoms with Crippen molar-refractivity contribution in [2.75, 3.05) is 45.9 Å². The second-order valence-corrected chi connectivity index (χ2v) is 8.25. The molecule has 0 spiro atoms. The number of hydrogen-bond donors (Lipinski definition) is 1. The van der Waals surface area contributed by atoms with Crippen molar-refractivity contribution in [3.05, 3.63) is 0 Å². The van der Waals surface area contributed by atoms with Crippen molar-refractivity contribution >= 4 is 12.0 Å². The van der Waals surface area contributed by atoms with Crippen LogP contribution in [0.4, 0.5) is 4.79 Å². The molecule has 2 saturated heterocycles. The summed E-state index contributed by atoms with van der Waals surface area (Å²) in [5, 5.41) is 9.20. The number of piperazine rings is 1. The minimum absolute atomic E-state index is 0.125. The van der Waals surface area contributed by atoms with E-state index in [-0.39, 0.29) is 24.6 Å². The minimum Gasteiger partial charge on any atom is -0.444 e. The van der Waals surface area contributed by atoms with Crippen LogP contribution in [0.5, 0.6) is 0 Å². The van der Waals surface area contributed by atoms with Crippen LogP contribution in [0.15, 0.2) is 0 Å². The monoisotopic (exact) mass is 355 g/mol. The lowest BCUT2D eigenvalue weighted by atomic mass is 9.98. The van der Waals surface area contributed by atoms with E-state index in [1.807, 2.05) is 32.6 Å². The van der Waals surface area contributed by atoms with Gasteiger partial charge in [-0.15, -0.1) is 0 Å². The maximum atomic E-state index is 12.5. The van der Waals surface area contributed by atoms with Crippen LogP contribution in [0.2, 0.25) is 0 Å². The summed E-state index contributed by atoms with van der Waals surface area (Å²) in [6.45, 7) is 11.6. The van der Waals surface area contributed by atoms with E-state index in [0.29, 0.717) is 32.1 Å². The third-order valence-corrected chi connectivity index (χ3v) is 4.98. The third kappa shape index (κ3) is 5.85. The molecule has 2 amide bonds. The number of carbonyl (C=O) groups is 2. The Morgan fingerprint density at radius 3 is 2.24 bits per heavy atom. The van der Waals surface area contributed by atoms with Gasteiger partial charge in [-0.05, 0) is 46.5 Å². The number of ether oxygens (including phenoxy) is 1. The molecule has 2 fully saturated rings. The maximum absolute atomic E-state index is 12.5. The number of piperidine rings is 1. The number of rotatable bonds is 3. The number of nitrogens with zero attached hydrogens (tertiary/aromatic N) is 3. The van der Waals surface area contributed by atoms with E-state index >= 15 is 0 Å². The molecule has 2 heterocycles. The molecule has 144 valence electrons. The van der Waals surface area contributed by atoms with Gasteiger partial charge in [0.25, 0.3) is 0 Å². The molecule has 0 aromatic rings. The number of aliphatic hydroxyl groups excluding tert-OH is 1. The first kappa shape index (κ1) is 20.0. The Hall–Kier alpha value is -1.34. The smallest absolute Gasteiger partial charge is 0.410 e. The molecule has 2 aliphatic rings. The minimum atomic E-state index is -0.492. The van der Waals surface area contributed by atoms with E-state index < -0.39 is 5.60 Å². The van der Waals surface area contributed by atoms with Crippen LogP contribution in [0, 0.1) is 5.92 Å². The molecule has 1 N–H and O–H groups in total. The fourth-order valence-electron chi connectivity index (χ4n) is 3.36. The van der Waals surface area contributed by atoms with Crippen molar-refractivity contribution < 1.29 is 19.4 Å². The molecule has 7 heteroatoms. The summed E-state index contributed by atoms with van der Waals surface area (Å²) in [6.07, 6.45) is 1.48. The van der Waals surface area contributed by atoms with E-state index in [4.69, 9.17) is 4.74 Å². The van der Waals surface area contributed by atoms with Gasteiger partial charge < -0.3 is 19.6 Å². The van der Waals surface area contributed by atoms with Crippen LogP contribution >= 0.6 is 0 Å². The van der Waals surface area contributed by atoms with Gasteiger partial charge in [-0.3, -0.25) is 9.69 Å². The lowest BCUT2D eigenvalue weighted by Crippen LogP contribution is -2.56. The van der Waals surface area contributed by atoms with Crippen molar-refractivity contribution in [2.24, 2.45) is 5.92 Å². The van der Waals surface area contributed by atoms with Crippen molar-refractivity contribution in [1.29, 1.82) is 0 Å². The van der Waals surface area contributed by atoms with Crippen LogP contribution < -0.4 is 0 Å². The fourth-order valence-corrected chi connectivity index (χ4v) is 3.36. The van der Waals surface area contributed by atoms with Gasteiger partial charge in [0, 0.05) is 45.4 Å². The van der Waals surface area contributed by atoms with Gasteiger partial charge >= 0.3 is 6.09 Å². The van der Waals surface area contributed by atoms with Gasteiger partial charge in [-0.25, -0.2) is 4.79 Å². The molecule has 2 aliphatic heterocycles. The van der Waals surface area contributed by atoms with E-state index in [2.05, 4.69) is 4.90 Å². The van der Waals surface area contributed by atoms with Gasteiger partial charge in [0.05, 0.1) is 6.54 Å². The molecular formula is C18H33N3O4. The van der Waals surface area contributed by atoms with E-state index in [0.717, 1.165) is 25.9 Å². The van der Waals surface area contributed by atoms with Gasteiger partial charge in [0.15, 0.2) is 0 Å². The van der Waals surface area contributed by atoms with E-state index in [1.54, 1.807) is 4.90 Å². The summed E-state index contributed by atoms with van der Waals surface area (Å²) in [6, 6.07) is 0.125. The van der Waals surface area contributed by atoms with Crippen LogP contribution in [0.3, 0.4) is 0 Å². The SMILES string of the molecule is C[C@H]1CN(C(=O)OC(C)(C)C)CCN1CC(=O)N1CCC(CO)CC1. The second-order valence-electron chi connectivity index (χ2n) is 8.25. The molecule has 1 atom stereocenters. The highest BCUT2D eigenvalue weighted by Gasteiger charge is 2.32. The van der Waals surface area contributed by atoms with Crippen molar-refractivity contribution in [1.82, 2.24) is 14.7 Å². The molecule has 0 saturated carbocycles. The Kier molecular flexibility index (Phi) is 6.68. The van der Waals surface area contributed by atoms with Crippen LogP contribution in [-0.4, -0.2) is 89.3 Å². The molecular weight excluding hydrogens is 322 g/mol. The quantitative estimate of drug-likeness (QED) is 0.822. The number of amides is 2. The topological polar surface area (TPSA) is 73.3 Å². The van der Waals surface area contributed by atoms with Crippen LogP contribution in [0.25, 0.3) is 0 Å². The first-order chi connectivity index (χ1) is 11.7. The molecule has 0 aromatic carbocycles. The molecule has 7 nitrogen and oxygen atoms in total. The maximum Gasteiger partial charge on any atom is 0.410 e. The zero-order valence-corrected chi connectivity index (χ0v) is 16.0. The molecule has 25 heavy (non-hydrogen) atoms. The Balaban J connectivity index is 1.79. The summed E-state index contributed by atoms with van der Waals surface area (Å²) < 4.78 is 5.43. The Labute approximate surface area is 150 Å². The molecule has 0 radical (unpaired) electrons. The van der Waals surface area contributed by atoms with Crippen LogP contribution in [0.1, 0.15) is 40.5 Å². The zero-order valence-electron chi connectivity index (χ0n) is 16.0. The highest BCUT2D eigenvalue weighted by molar-refractivity contribution is 5.78. The molecule has 0 unspecified atom stereocenters. The molecule has 2 rings (SSSR count). The summed E-state index contributed by atoms with van der Waals surface area (Å²) in [5.74, 6) is 0.481. The Morgan fingerprint density at radius 2 is 1.72 bits per heavy atom. The number of hydrogen-bond acceptors (Lipinski definition) is 5. The first-order valence-corrected chi connectivity index (χ1v) is 9.30. The highest BCUT2D eigenvalue weighted by atomic mass is 16.6.